The van der Waals surface area contributed by atoms with Crippen molar-refractivity contribution in [1.29, 1.82) is 0 Å². The second-order valence-electron chi connectivity index (χ2n) is 6.40. The van der Waals surface area contributed by atoms with Crippen molar-refractivity contribution in [2.24, 2.45) is 0 Å². The zero-order valence-electron chi connectivity index (χ0n) is 15.5. The Morgan fingerprint density at radius 1 is 0.862 bits per heavy atom. The van der Waals surface area contributed by atoms with Crippen LogP contribution >= 0.6 is 12.2 Å². The fourth-order valence-corrected chi connectivity index (χ4v) is 3.12. The van der Waals surface area contributed by atoms with Gasteiger partial charge in [0.2, 0.25) is 6.79 Å². The number of benzene rings is 3. The third-order valence-electron chi connectivity index (χ3n) is 4.31. The number of nitrogens with one attached hydrogen (secondary N) is 3. The fraction of sp³-hybridized carbons (Fsp3) is 0.0909. The number of hydrogen-bond acceptors (Lipinski definition) is 4. The van der Waals surface area contributed by atoms with E-state index in [1.807, 2.05) is 60.7 Å². The number of ether oxygens (including phenoxy) is 2. The molecule has 0 radical (unpaired) electrons. The van der Waals surface area contributed by atoms with Gasteiger partial charge in [-0.3, -0.25) is 4.79 Å². The summed E-state index contributed by atoms with van der Waals surface area (Å²) >= 11 is 5.38. The summed E-state index contributed by atoms with van der Waals surface area (Å²) < 4.78 is 10.7. The molecule has 146 valence electrons. The molecular formula is C22H19N3O3S. The molecule has 0 saturated heterocycles. The zero-order chi connectivity index (χ0) is 20.1. The molecule has 7 heteroatoms. The van der Waals surface area contributed by atoms with Crippen molar-refractivity contribution in [1.82, 2.24) is 5.32 Å². The van der Waals surface area contributed by atoms with E-state index in [0.29, 0.717) is 28.7 Å². The van der Waals surface area contributed by atoms with E-state index in [2.05, 4.69) is 16.0 Å². The van der Waals surface area contributed by atoms with E-state index in [-0.39, 0.29) is 12.7 Å². The lowest BCUT2D eigenvalue weighted by Crippen LogP contribution is -2.23. The standard InChI is InChI=1S/C22H19N3O3S/c26-21(23-13-15-5-2-1-3-6-15)16-7-4-8-17(11-16)24-22(29)25-18-9-10-19-20(12-18)28-14-27-19/h1-12H,13-14H2,(H,23,26)(H2,24,25,29). The lowest BCUT2D eigenvalue weighted by Gasteiger charge is -2.12. The van der Waals surface area contributed by atoms with Gasteiger partial charge in [-0.1, -0.05) is 36.4 Å². The number of carbonyl (C=O) groups is 1. The van der Waals surface area contributed by atoms with E-state index < -0.39 is 0 Å². The fourth-order valence-electron chi connectivity index (χ4n) is 2.89. The number of hydrogen-bond donors (Lipinski definition) is 3. The van der Waals surface area contributed by atoms with Crippen molar-refractivity contribution in [3.63, 3.8) is 0 Å². The van der Waals surface area contributed by atoms with Crippen LogP contribution in [0.3, 0.4) is 0 Å². The first-order chi connectivity index (χ1) is 14.2. The van der Waals surface area contributed by atoms with Crippen LogP contribution in [0.1, 0.15) is 15.9 Å². The highest BCUT2D eigenvalue weighted by Crippen LogP contribution is 2.34. The van der Waals surface area contributed by atoms with Crippen LogP contribution in [-0.4, -0.2) is 17.8 Å². The second-order valence-corrected chi connectivity index (χ2v) is 6.80. The highest BCUT2D eigenvalue weighted by molar-refractivity contribution is 7.80. The summed E-state index contributed by atoms with van der Waals surface area (Å²) in [5.41, 5.74) is 3.10. The first-order valence-electron chi connectivity index (χ1n) is 9.07. The molecule has 0 fully saturated rings. The molecular weight excluding hydrogens is 386 g/mol. The van der Waals surface area contributed by atoms with E-state index in [0.717, 1.165) is 16.9 Å². The molecule has 3 aromatic rings. The third kappa shape index (κ3) is 4.83. The molecule has 0 aromatic heterocycles. The molecule has 6 nitrogen and oxygen atoms in total. The molecule has 1 amide bonds. The Balaban J connectivity index is 1.35. The monoisotopic (exact) mass is 405 g/mol. The van der Waals surface area contributed by atoms with Crippen molar-refractivity contribution in [3.8, 4) is 11.5 Å². The quantitative estimate of drug-likeness (QED) is 0.554. The van der Waals surface area contributed by atoms with Gasteiger partial charge in [-0.15, -0.1) is 0 Å². The van der Waals surface area contributed by atoms with Gasteiger partial charge in [0, 0.05) is 29.5 Å². The Hall–Kier alpha value is -3.58. The van der Waals surface area contributed by atoms with Gasteiger partial charge in [0.15, 0.2) is 16.6 Å². The molecule has 0 spiro atoms. The average Bonchev–Trinajstić information content (AvgIpc) is 3.21. The molecule has 1 heterocycles. The minimum absolute atomic E-state index is 0.146. The molecule has 3 aromatic carbocycles. The molecule has 0 saturated carbocycles. The molecule has 3 N–H and O–H groups in total. The smallest absolute Gasteiger partial charge is 0.251 e. The van der Waals surface area contributed by atoms with Crippen LogP contribution in [0.25, 0.3) is 0 Å². The predicted molar refractivity (Wildman–Crippen MR) is 116 cm³/mol. The Labute approximate surface area is 173 Å². The van der Waals surface area contributed by atoms with Gasteiger partial charge in [0.05, 0.1) is 0 Å². The van der Waals surface area contributed by atoms with Crippen molar-refractivity contribution < 1.29 is 14.3 Å². The van der Waals surface area contributed by atoms with Gasteiger partial charge in [0.1, 0.15) is 0 Å². The van der Waals surface area contributed by atoms with E-state index in [1.165, 1.54) is 0 Å². The maximum atomic E-state index is 12.4. The lowest BCUT2D eigenvalue weighted by atomic mass is 10.1. The third-order valence-corrected chi connectivity index (χ3v) is 4.51. The number of fused-ring (bicyclic) bond motifs is 1. The van der Waals surface area contributed by atoms with Crippen molar-refractivity contribution in [2.75, 3.05) is 17.4 Å². The maximum Gasteiger partial charge on any atom is 0.251 e. The van der Waals surface area contributed by atoms with E-state index in [1.54, 1.807) is 12.1 Å². The summed E-state index contributed by atoms with van der Waals surface area (Å²) in [6, 6.07) is 22.5. The summed E-state index contributed by atoms with van der Waals surface area (Å²) in [5.74, 6) is 1.24. The van der Waals surface area contributed by atoms with E-state index >= 15 is 0 Å². The second kappa shape index (κ2) is 8.62. The van der Waals surface area contributed by atoms with Crippen LogP contribution < -0.4 is 25.4 Å². The highest BCUT2D eigenvalue weighted by atomic mass is 32.1. The van der Waals surface area contributed by atoms with Crippen LogP contribution in [0.15, 0.2) is 72.8 Å². The van der Waals surface area contributed by atoms with Crippen LogP contribution in [0.5, 0.6) is 11.5 Å². The Bertz CT molecular complexity index is 1040. The summed E-state index contributed by atoms with van der Waals surface area (Å²) in [6.07, 6.45) is 0. The number of thiocarbonyl (C=S) groups is 1. The normalized spacial score (nSPS) is 11.6. The molecule has 1 aliphatic heterocycles. The number of rotatable bonds is 5. The first kappa shape index (κ1) is 18.8. The summed E-state index contributed by atoms with van der Waals surface area (Å²) in [4.78, 5) is 12.4. The molecule has 4 rings (SSSR count). The average molecular weight is 405 g/mol. The summed E-state index contributed by atoms with van der Waals surface area (Å²) in [6.45, 7) is 0.696. The van der Waals surface area contributed by atoms with Gasteiger partial charge in [-0.2, -0.15) is 0 Å². The van der Waals surface area contributed by atoms with E-state index in [4.69, 9.17) is 21.7 Å². The molecule has 0 bridgehead atoms. The van der Waals surface area contributed by atoms with Gasteiger partial charge in [-0.25, -0.2) is 0 Å². The minimum Gasteiger partial charge on any atom is -0.454 e. The van der Waals surface area contributed by atoms with Crippen molar-refractivity contribution in [3.05, 3.63) is 83.9 Å². The van der Waals surface area contributed by atoms with Crippen LogP contribution in [0.2, 0.25) is 0 Å². The Morgan fingerprint density at radius 2 is 1.62 bits per heavy atom. The van der Waals surface area contributed by atoms with Crippen LogP contribution in [0.4, 0.5) is 11.4 Å². The van der Waals surface area contributed by atoms with Crippen LogP contribution in [-0.2, 0) is 6.54 Å². The minimum atomic E-state index is -0.146. The first-order valence-corrected chi connectivity index (χ1v) is 9.48. The van der Waals surface area contributed by atoms with Crippen LogP contribution in [0, 0.1) is 0 Å². The molecule has 0 atom stereocenters. The SMILES string of the molecule is O=C(NCc1ccccc1)c1cccc(NC(=S)Nc2ccc3c(c2)OCO3)c1. The largest absolute Gasteiger partial charge is 0.454 e. The summed E-state index contributed by atoms with van der Waals surface area (Å²) in [7, 11) is 0. The van der Waals surface area contributed by atoms with Gasteiger partial charge < -0.3 is 25.4 Å². The highest BCUT2D eigenvalue weighted by Gasteiger charge is 2.13. The Kier molecular flexibility index (Phi) is 5.58. The summed E-state index contributed by atoms with van der Waals surface area (Å²) in [5, 5.41) is 9.52. The Morgan fingerprint density at radius 3 is 2.45 bits per heavy atom. The van der Waals surface area contributed by atoms with Gasteiger partial charge in [-0.05, 0) is 48.1 Å². The number of amides is 1. The maximum absolute atomic E-state index is 12.4. The van der Waals surface area contributed by atoms with Crippen molar-refractivity contribution >= 4 is 34.6 Å². The molecule has 1 aliphatic rings. The molecule has 29 heavy (non-hydrogen) atoms. The van der Waals surface area contributed by atoms with E-state index in [9.17, 15) is 4.79 Å². The topological polar surface area (TPSA) is 71.6 Å². The molecule has 0 unspecified atom stereocenters. The predicted octanol–water partition coefficient (Wildman–Crippen LogP) is 4.15. The van der Waals surface area contributed by atoms with Gasteiger partial charge in [0.25, 0.3) is 5.91 Å². The number of carbonyl (C=O) groups excluding carboxylic acids is 1. The molecule has 0 aliphatic carbocycles. The van der Waals surface area contributed by atoms with Gasteiger partial charge >= 0.3 is 0 Å². The zero-order valence-corrected chi connectivity index (χ0v) is 16.3. The lowest BCUT2D eigenvalue weighted by molar-refractivity contribution is 0.0951. The van der Waals surface area contributed by atoms with Crippen molar-refractivity contribution in [2.45, 2.75) is 6.54 Å². The number of anilines is 2.